The van der Waals surface area contributed by atoms with Gasteiger partial charge in [0.2, 0.25) is 5.95 Å². The lowest BCUT2D eigenvalue weighted by Gasteiger charge is -2.38. The smallest absolute Gasteiger partial charge is 0.235 e. The van der Waals surface area contributed by atoms with E-state index in [1.165, 1.54) is 12.5 Å². The van der Waals surface area contributed by atoms with Crippen LogP contribution in [0.5, 0.6) is 0 Å². The van der Waals surface area contributed by atoms with Gasteiger partial charge in [0.1, 0.15) is 0 Å². The van der Waals surface area contributed by atoms with Gasteiger partial charge in [-0.05, 0) is 24.8 Å². The largest absolute Gasteiger partial charge is 0.236 e. The summed E-state index contributed by atoms with van der Waals surface area (Å²) in [7, 11) is 0. The first-order valence-corrected chi connectivity index (χ1v) is 5.93. The average molecular weight is 229 g/mol. The number of hydrogen-bond donors (Lipinski definition) is 0. The first kappa shape index (κ1) is 9.33. The van der Waals surface area contributed by atoms with Gasteiger partial charge in [-0.1, -0.05) is 13.0 Å². The molecule has 2 aliphatic carbocycles. The molecule has 0 bridgehead atoms. The highest BCUT2D eigenvalue weighted by Gasteiger charge is 2.47. The van der Waals surface area contributed by atoms with Crippen molar-refractivity contribution in [1.82, 2.24) is 14.6 Å². The summed E-state index contributed by atoms with van der Waals surface area (Å²) < 4.78 is 14.9. The molecule has 17 heavy (non-hydrogen) atoms. The molecule has 0 unspecified atom stereocenters. The summed E-state index contributed by atoms with van der Waals surface area (Å²) in [6, 6.07) is 1.38. The van der Waals surface area contributed by atoms with Crippen LogP contribution in [0.1, 0.15) is 36.9 Å². The van der Waals surface area contributed by atoms with Gasteiger partial charge in [0, 0.05) is 23.2 Å². The van der Waals surface area contributed by atoms with E-state index < -0.39 is 5.95 Å². The topological polar surface area (TPSA) is 30.2 Å². The zero-order valence-electron chi connectivity index (χ0n) is 9.41. The van der Waals surface area contributed by atoms with Crippen LogP contribution in [0.2, 0.25) is 0 Å². The fourth-order valence-electron chi connectivity index (χ4n) is 3.28. The third-order valence-corrected chi connectivity index (χ3v) is 4.20. The van der Waals surface area contributed by atoms with Crippen molar-refractivity contribution in [3.05, 3.63) is 36.0 Å². The Bertz CT molecular complexity index is 652. The highest BCUT2D eigenvalue weighted by Crippen LogP contribution is 2.55. The van der Waals surface area contributed by atoms with Crippen LogP contribution >= 0.6 is 0 Å². The molecular formula is C13H12FN3. The van der Waals surface area contributed by atoms with E-state index in [2.05, 4.69) is 16.7 Å². The molecule has 4 heteroatoms. The van der Waals surface area contributed by atoms with Crippen molar-refractivity contribution < 1.29 is 4.39 Å². The standard InChI is InChI=1S/C13H12FN3/c1-8-6-13(3-2-4-13)12-9(8)7-15-11-5-10(14)16-17(11)12/h5,7H,1-4,6H2. The van der Waals surface area contributed by atoms with Crippen molar-refractivity contribution in [2.75, 3.05) is 0 Å². The number of aromatic nitrogens is 3. The Balaban J connectivity index is 2.11. The summed E-state index contributed by atoms with van der Waals surface area (Å²) in [5.41, 5.74) is 4.07. The molecule has 86 valence electrons. The van der Waals surface area contributed by atoms with E-state index in [4.69, 9.17) is 0 Å². The Morgan fingerprint density at radius 2 is 2.24 bits per heavy atom. The third kappa shape index (κ3) is 1.01. The number of allylic oxidation sites excluding steroid dienone is 1. The van der Waals surface area contributed by atoms with E-state index in [9.17, 15) is 4.39 Å². The zero-order chi connectivity index (χ0) is 11.6. The van der Waals surface area contributed by atoms with Gasteiger partial charge in [-0.15, -0.1) is 5.10 Å². The number of hydrogen-bond acceptors (Lipinski definition) is 2. The molecule has 2 heterocycles. The second-order valence-corrected chi connectivity index (χ2v) is 5.17. The molecule has 1 spiro atoms. The monoisotopic (exact) mass is 229 g/mol. The molecule has 4 rings (SSSR count). The molecular weight excluding hydrogens is 217 g/mol. The Labute approximate surface area is 98.0 Å². The minimum Gasteiger partial charge on any atom is -0.236 e. The summed E-state index contributed by atoms with van der Waals surface area (Å²) in [5.74, 6) is -0.460. The quantitative estimate of drug-likeness (QED) is 0.695. The lowest BCUT2D eigenvalue weighted by Crippen LogP contribution is -2.33. The summed E-state index contributed by atoms with van der Waals surface area (Å²) in [6.07, 6.45) is 6.34. The molecule has 0 amide bonds. The average Bonchev–Trinajstić information content (AvgIpc) is 2.74. The Kier molecular flexibility index (Phi) is 1.51. The van der Waals surface area contributed by atoms with Crippen molar-refractivity contribution in [2.24, 2.45) is 0 Å². The predicted molar refractivity (Wildman–Crippen MR) is 62.1 cm³/mol. The predicted octanol–water partition coefficient (Wildman–Crippen LogP) is 2.71. The zero-order valence-corrected chi connectivity index (χ0v) is 9.41. The van der Waals surface area contributed by atoms with Gasteiger partial charge in [-0.2, -0.15) is 4.39 Å². The maximum absolute atomic E-state index is 13.3. The molecule has 0 atom stereocenters. The normalized spacial score (nSPS) is 20.9. The van der Waals surface area contributed by atoms with Crippen molar-refractivity contribution >= 4 is 11.2 Å². The fraction of sp³-hybridized carbons (Fsp3) is 0.385. The van der Waals surface area contributed by atoms with Gasteiger partial charge in [0.05, 0.1) is 5.69 Å². The van der Waals surface area contributed by atoms with E-state index >= 15 is 0 Å². The van der Waals surface area contributed by atoms with Gasteiger partial charge in [-0.3, -0.25) is 0 Å². The second kappa shape index (κ2) is 2.75. The molecule has 3 nitrogen and oxygen atoms in total. The van der Waals surface area contributed by atoms with Crippen LogP contribution in [0, 0.1) is 5.95 Å². The molecule has 2 aromatic heterocycles. The van der Waals surface area contributed by atoms with Crippen LogP contribution < -0.4 is 0 Å². The molecule has 0 aromatic carbocycles. The van der Waals surface area contributed by atoms with Crippen LogP contribution in [0.25, 0.3) is 11.2 Å². The fourth-order valence-corrected chi connectivity index (χ4v) is 3.28. The molecule has 0 radical (unpaired) electrons. The van der Waals surface area contributed by atoms with Crippen molar-refractivity contribution in [2.45, 2.75) is 31.1 Å². The van der Waals surface area contributed by atoms with E-state index in [-0.39, 0.29) is 5.41 Å². The van der Waals surface area contributed by atoms with Crippen LogP contribution in [0.15, 0.2) is 18.8 Å². The van der Waals surface area contributed by atoms with Crippen LogP contribution in [0.3, 0.4) is 0 Å². The summed E-state index contributed by atoms with van der Waals surface area (Å²) in [4.78, 5) is 4.25. The molecule has 0 saturated heterocycles. The minimum atomic E-state index is -0.460. The van der Waals surface area contributed by atoms with Gasteiger partial charge < -0.3 is 0 Å². The lowest BCUT2D eigenvalue weighted by molar-refractivity contribution is 0.247. The molecule has 0 aliphatic heterocycles. The van der Waals surface area contributed by atoms with E-state index in [0.717, 1.165) is 36.1 Å². The van der Waals surface area contributed by atoms with Crippen molar-refractivity contribution in [1.29, 1.82) is 0 Å². The molecule has 0 N–H and O–H groups in total. The Morgan fingerprint density at radius 1 is 1.41 bits per heavy atom. The maximum Gasteiger partial charge on any atom is 0.235 e. The van der Waals surface area contributed by atoms with Crippen molar-refractivity contribution in [3.63, 3.8) is 0 Å². The van der Waals surface area contributed by atoms with Crippen LogP contribution in [-0.2, 0) is 5.41 Å². The van der Waals surface area contributed by atoms with Crippen molar-refractivity contribution in [3.8, 4) is 0 Å². The third-order valence-electron chi connectivity index (χ3n) is 4.20. The minimum absolute atomic E-state index is 0.159. The van der Waals surface area contributed by atoms with E-state index in [0.29, 0.717) is 5.65 Å². The SMILES string of the molecule is C=C1CC2(CCC2)c2c1cnc1cc(F)nn21. The molecule has 1 fully saturated rings. The maximum atomic E-state index is 13.3. The van der Waals surface area contributed by atoms with Crippen LogP contribution in [0.4, 0.5) is 4.39 Å². The summed E-state index contributed by atoms with van der Waals surface area (Å²) in [6.45, 7) is 4.11. The van der Waals surface area contributed by atoms with Crippen LogP contribution in [-0.4, -0.2) is 14.6 Å². The highest BCUT2D eigenvalue weighted by atomic mass is 19.1. The van der Waals surface area contributed by atoms with E-state index in [1.54, 1.807) is 4.52 Å². The van der Waals surface area contributed by atoms with Gasteiger partial charge >= 0.3 is 0 Å². The highest BCUT2D eigenvalue weighted by molar-refractivity contribution is 5.73. The number of nitrogens with zero attached hydrogens (tertiary/aromatic N) is 3. The molecule has 1 saturated carbocycles. The lowest BCUT2D eigenvalue weighted by atomic mass is 9.67. The second-order valence-electron chi connectivity index (χ2n) is 5.17. The Morgan fingerprint density at radius 3 is 2.94 bits per heavy atom. The van der Waals surface area contributed by atoms with Gasteiger partial charge in [0.25, 0.3) is 0 Å². The Hall–Kier alpha value is -1.71. The number of fused-ring (bicyclic) bond motifs is 4. The molecule has 2 aliphatic rings. The summed E-state index contributed by atoms with van der Waals surface area (Å²) in [5, 5.41) is 3.94. The van der Waals surface area contributed by atoms with Gasteiger partial charge in [0.15, 0.2) is 5.65 Å². The summed E-state index contributed by atoms with van der Waals surface area (Å²) >= 11 is 0. The van der Waals surface area contributed by atoms with Gasteiger partial charge in [-0.25, -0.2) is 9.50 Å². The molecule has 2 aromatic rings. The number of halogens is 1. The first-order valence-electron chi connectivity index (χ1n) is 5.93. The first-order chi connectivity index (χ1) is 8.20. The number of rotatable bonds is 0. The van der Waals surface area contributed by atoms with E-state index in [1.807, 2.05) is 6.20 Å².